The van der Waals surface area contributed by atoms with Crippen molar-refractivity contribution in [3.05, 3.63) is 58.0 Å². The molecule has 0 bridgehead atoms. The lowest BCUT2D eigenvalue weighted by molar-refractivity contribution is -0.151. The summed E-state index contributed by atoms with van der Waals surface area (Å²) in [7, 11) is 0. The highest BCUT2D eigenvalue weighted by Gasteiger charge is 2.37. The highest BCUT2D eigenvalue weighted by atomic mass is 16.4. The van der Waals surface area contributed by atoms with Crippen molar-refractivity contribution in [1.82, 2.24) is 24.8 Å². The monoisotopic (exact) mass is 367 g/mol. The average Bonchev–Trinajstić information content (AvgIpc) is 3.13. The number of H-pyrrole nitrogens is 2. The topological polar surface area (TPSA) is 132 Å². The van der Waals surface area contributed by atoms with Gasteiger partial charge in [-0.2, -0.15) is 0 Å². The van der Waals surface area contributed by atoms with Gasteiger partial charge in [-0.25, -0.2) is 14.8 Å². The number of aryl methyl sites for hydroxylation is 1. The first kappa shape index (κ1) is 17.0. The van der Waals surface area contributed by atoms with E-state index in [4.69, 9.17) is 0 Å². The van der Waals surface area contributed by atoms with Crippen molar-refractivity contribution in [2.75, 3.05) is 6.54 Å². The van der Waals surface area contributed by atoms with Crippen LogP contribution < -0.4 is 5.56 Å². The number of nitrogens with zero attached hydrogens (tertiary/aromatic N) is 3. The Kier molecular flexibility index (Phi) is 4.19. The minimum atomic E-state index is -1.13. The Morgan fingerprint density at radius 3 is 2.93 bits per heavy atom. The number of amides is 1. The number of aliphatic carboxylic acids is 1. The average molecular weight is 367 g/mol. The van der Waals surface area contributed by atoms with Gasteiger partial charge < -0.3 is 20.0 Å². The third-order valence-electron chi connectivity index (χ3n) is 4.72. The Morgan fingerprint density at radius 2 is 2.11 bits per heavy atom. The molecule has 0 aliphatic carbocycles. The van der Waals surface area contributed by atoms with E-state index in [1.54, 1.807) is 18.2 Å². The number of fused-ring (bicyclic) bond motifs is 2. The molecule has 9 nitrogen and oxygen atoms in total. The summed E-state index contributed by atoms with van der Waals surface area (Å²) < 4.78 is 0. The predicted molar refractivity (Wildman–Crippen MR) is 95.1 cm³/mol. The van der Waals surface area contributed by atoms with E-state index in [1.165, 1.54) is 11.2 Å². The van der Waals surface area contributed by atoms with E-state index in [2.05, 4.69) is 19.9 Å². The molecule has 27 heavy (non-hydrogen) atoms. The Hall–Kier alpha value is -3.49. The molecule has 0 fully saturated rings. The van der Waals surface area contributed by atoms with Gasteiger partial charge in [0.05, 0.1) is 23.1 Å². The van der Waals surface area contributed by atoms with E-state index in [0.717, 1.165) is 5.69 Å². The van der Waals surface area contributed by atoms with Crippen molar-refractivity contribution < 1.29 is 14.7 Å². The van der Waals surface area contributed by atoms with Gasteiger partial charge in [0.15, 0.2) is 6.04 Å². The van der Waals surface area contributed by atoms with Crippen LogP contribution >= 0.6 is 0 Å². The van der Waals surface area contributed by atoms with Gasteiger partial charge in [0, 0.05) is 31.5 Å². The van der Waals surface area contributed by atoms with E-state index in [1.807, 2.05) is 6.07 Å². The number of hydrogen-bond acceptors (Lipinski definition) is 5. The van der Waals surface area contributed by atoms with Crippen molar-refractivity contribution in [3.8, 4) is 0 Å². The first-order chi connectivity index (χ1) is 13.0. The number of hydrogen-bond donors (Lipinski definition) is 3. The minimum Gasteiger partial charge on any atom is -0.479 e. The van der Waals surface area contributed by atoms with Crippen LogP contribution in [0.4, 0.5) is 0 Å². The standard InChI is InChI=1S/C18H17N5O4/c24-14(23-8-7-12-15(20-9-19-12)16(23)18(26)27)6-5-13-17(25)22-11-4-2-1-3-10(11)21-13/h1-4,9,16H,5-8H2,(H,19,20)(H,22,25)(H,26,27)/t16-/m1/s1. The van der Waals surface area contributed by atoms with Crippen LogP contribution in [0.1, 0.15) is 29.5 Å². The molecular weight excluding hydrogens is 350 g/mol. The number of benzene rings is 1. The summed E-state index contributed by atoms with van der Waals surface area (Å²) in [6.07, 6.45) is 2.08. The van der Waals surface area contributed by atoms with Gasteiger partial charge in [-0.1, -0.05) is 12.1 Å². The summed E-state index contributed by atoms with van der Waals surface area (Å²) in [5.74, 6) is -1.47. The van der Waals surface area contributed by atoms with Crippen LogP contribution in [-0.2, 0) is 22.4 Å². The van der Waals surface area contributed by atoms with Gasteiger partial charge in [0.2, 0.25) is 5.91 Å². The summed E-state index contributed by atoms with van der Waals surface area (Å²) >= 11 is 0. The number of carboxylic acid groups (broad SMARTS) is 1. The summed E-state index contributed by atoms with van der Waals surface area (Å²) in [5, 5.41) is 9.56. The fraction of sp³-hybridized carbons (Fsp3) is 0.278. The second-order valence-corrected chi connectivity index (χ2v) is 6.37. The molecule has 0 unspecified atom stereocenters. The highest BCUT2D eigenvalue weighted by Crippen LogP contribution is 2.28. The molecular formula is C18H17N5O4. The molecule has 9 heteroatoms. The van der Waals surface area contributed by atoms with Gasteiger partial charge in [-0.05, 0) is 12.1 Å². The molecule has 0 saturated carbocycles. The number of imidazole rings is 1. The summed E-state index contributed by atoms with van der Waals surface area (Å²) in [6.45, 7) is 0.284. The number of rotatable bonds is 4. The predicted octanol–water partition coefficient (Wildman–Crippen LogP) is 0.789. The molecule has 2 aromatic heterocycles. The maximum Gasteiger partial charge on any atom is 0.332 e. The normalized spacial score (nSPS) is 16.3. The Labute approximate surface area is 153 Å². The zero-order valence-electron chi connectivity index (χ0n) is 14.3. The largest absolute Gasteiger partial charge is 0.479 e. The van der Waals surface area contributed by atoms with E-state index >= 15 is 0 Å². The summed E-state index contributed by atoms with van der Waals surface area (Å²) in [5.41, 5.74) is 2.28. The molecule has 0 radical (unpaired) electrons. The van der Waals surface area contributed by atoms with Crippen LogP contribution in [0.25, 0.3) is 11.0 Å². The quantitative estimate of drug-likeness (QED) is 0.624. The SMILES string of the molecule is O=C(O)[C@H]1c2nc[nH]c2CCN1C(=O)CCc1nc2ccccc2[nH]c1=O. The van der Waals surface area contributed by atoms with Gasteiger partial charge >= 0.3 is 5.97 Å². The summed E-state index contributed by atoms with van der Waals surface area (Å²) in [4.78, 5) is 51.9. The lowest BCUT2D eigenvalue weighted by Crippen LogP contribution is -2.43. The molecule has 3 heterocycles. The van der Waals surface area contributed by atoms with Gasteiger partial charge in [-0.15, -0.1) is 0 Å². The first-order valence-electron chi connectivity index (χ1n) is 8.57. The number of para-hydroxylation sites is 2. The minimum absolute atomic E-state index is 0.00203. The Morgan fingerprint density at radius 1 is 1.30 bits per heavy atom. The fourth-order valence-corrected chi connectivity index (χ4v) is 3.40. The zero-order chi connectivity index (χ0) is 19.0. The third-order valence-corrected chi connectivity index (χ3v) is 4.72. The molecule has 138 valence electrons. The fourth-order valence-electron chi connectivity index (χ4n) is 3.40. The van der Waals surface area contributed by atoms with Crippen molar-refractivity contribution in [3.63, 3.8) is 0 Å². The van der Waals surface area contributed by atoms with E-state index < -0.39 is 12.0 Å². The molecule has 3 N–H and O–H groups in total. The molecule has 1 aromatic carbocycles. The second-order valence-electron chi connectivity index (χ2n) is 6.37. The van der Waals surface area contributed by atoms with Crippen molar-refractivity contribution in [2.45, 2.75) is 25.3 Å². The molecule has 3 aromatic rings. The number of aromatic amines is 2. The first-order valence-corrected chi connectivity index (χ1v) is 8.57. The molecule has 1 aliphatic rings. The van der Waals surface area contributed by atoms with Gasteiger partial charge in [-0.3, -0.25) is 9.59 Å². The lowest BCUT2D eigenvalue weighted by atomic mass is 10.0. The van der Waals surface area contributed by atoms with Crippen LogP contribution in [0, 0.1) is 0 Å². The van der Waals surface area contributed by atoms with E-state index in [9.17, 15) is 19.5 Å². The van der Waals surface area contributed by atoms with Crippen molar-refractivity contribution >= 4 is 22.9 Å². The molecule has 4 rings (SSSR count). The van der Waals surface area contributed by atoms with E-state index in [-0.39, 0.29) is 36.5 Å². The Bertz CT molecular complexity index is 1090. The number of carbonyl (C=O) groups excluding carboxylic acids is 1. The number of nitrogens with one attached hydrogen (secondary N) is 2. The third kappa shape index (κ3) is 3.07. The van der Waals surface area contributed by atoms with Crippen LogP contribution in [0.3, 0.4) is 0 Å². The molecule has 1 atom stereocenters. The van der Waals surface area contributed by atoms with Crippen molar-refractivity contribution in [2.24, 2.45) is 0 Å². The second kappa shape index (κ2) is 6.67. The van der Waals surface area contributed by atoms with Crippen molar-refractivity contribution in [1.29, 1.82) is 0 Å². The van der Waals surface area contributed by atoms with Gasteiger partial charge in [0.25, 0.3) is 5.56 Å². The lowest BCUT2D eigenvalue weighted by Gasteiger charge is -2.32. The maximum absolute atomic E-state index is 12.7. The van der Waals surface area contributed by atoms with Crippen LogP contribution in [-0.4, -0.2) is 48.4 Å². The maximum atomic E-state index is 12.7. The molecule has 1 amide bonds. The zero-order valence-corrected chi connectivity index (χ0v) is 14.3. The number of aromatic nitrogens is 4. The Balaban J connectivity index is 1.53. The van der Waals surface area contributed by atoms with Crippen LogP contribution in [0.2, 0.25) is 0 Å². The van der Waals surface area contributed by atoms with Crippen LogP contribution in [0.5, 0.6) is 0 Å². The van der Waals surface area contributed by atoms with Gasteiger partial charge in [0.1, 0.15) is 5.69 Å². The summed E-state index contributed by atoms with van der Waals surface area (Å²) in [6, 6.07) is 6.03. The molecule has 0 saturated heterocycles. The number of carbonyl (C=O) groups is 2. The smallest absolute Gasteiger partial charge is 0.332 e. The molecule has 1 aliphatic heterocycles. The van der Waals surface area contributed by atoms with Crippen LogP contribution in [0.15, 0.2) is 35.4 Å². The molecule has 0 spiro atoms. The van der Waals surface area contributed by atoms with E-state index in [0.29, 0.717) is 23.1 Å². The highest BCUT2D eigenvalue weighted by molar-refractivity contribution is 5.85. The number of carboxylic acids is 1.